The maximum Gasteiger partial charge on any atom is 0.236 e. The van der Waals surface area contributed by atoms with Crippen LogP contribution in [0.1, 0.15) is 34.1 Å². The van der Waals surface area contributed by atoms with Crippen LogP contribution in [-0.2, 0) is 4.79 Å². The summed E-state index contributed by atoms with van der Waals surface area (Å²) in [6.07, 6.45) is 0.736. The van der Waals surface area contributed by atoms with E-state index in [0.717, 1.165) is 13.0 Å². The molecule has 0 aliphatic carbocycles. The first-order chi connectivity index (χ1) is 7.64. The van der Waals surface area contributed by atoms with Crippen LogP contribution >= 0.6 is 0 Å². The molecule has 0 spiro atoms. The quantitative estimate of drug-likeness (QED) is 0.703. The van der Waals surface area contributed by atoms with Gasteiger partial charge in [-0.1, -0.05) is 27.7 Å². The third-order valence-corrected chi connectivity index (χ3v) is 2.55. The Kier molecular flexibility index (Phi) is 6.72. The monoisotopic (exact) mass is 243 g/mol. The highest BCUT2D eigenvalue weighted by molar-refractivity contribution is 5.81. The molecule has 0 aromatic carbocycles. The number of nitrogens with zero attached hydrogens (tertiary/aromatic N) is 1. The van der Waals surface area contributed by atoms with Crippen LogP contribution in [0.25, 0.3) is 0 Å². The van der Waals surface area contributed by atoms with Gasteiger partial charge >= 0.3 is 0 Å². The SMILES string of the molecule is CC(C)C[C@@H](N)C(=O)NCC(C)(C)CN(C)C. The first-order valence-corrected chi connectivity index (χ1v) is 6.32. The minimum absolute atomic E-state index is 0.0365. The van der Waals surface area contributed by atoms with Crippen LogP contribution in [0.2, 0.25) is 0 Å². The first kappa shape index (κ1) is 16.4. The number of hydrogen-bond acceptors (Lipinski definition) is 3. The maximum atomic E-state index is 11.8. The average molecular weight is 243 g/mol. The molecule has 4 nitrogen and oxygen atoms in total. The number of nitrogens with two attached hydrogens (primary N) is 1. The van der Waals surface area contributed by atoms with E-state index in [-0.39, 0.29) is 17.4 Å². The summed E-state index contributed by atoms with van der Waals surface area (Å²) in [5.74, 6) is 0.413. The van der Waals surface area contributed by atoms with Crippen molar-refractivity contribution in [3.05, 3.63) is 0 Å². The number of carbonyl (C=O) groups excluding carboxylic acids is 1. The van der Waals surface area contributed by atoms with Crippen LogP contribution in [-0.4, -0.2) is 44.0 Å². The van der Waals surface area contributed by atoms with Gasteiger partial charge in [0.25, 0.3) is 0 Å². The van der Waals surface area contributed by atoms with Gasteiger partial charge in [-0.2, -0.15) is 0 Å². The number of nitrogens with one attached hydrogen (secondary N) is 1. The highest BCUT2D eigenvalue weighted by atomic mass is 16.2. The molecule has 0 aromatic rings. The van der Waals surface area contributed by atoms with Gasteiger partial charge in [-0.05, 0) is 31.8 Å². The van der Waals surface area contributed by atoms with Gasteiger partial charge in [-0.3, -0.25) is 4.79 Å². The third kappa shape index (κ3) is 8.16. The Hall–Kier alpha value is -0.610. The zero-order valence-corrected chi connectivity index (χ0v) is 12.2. The minimum atomic E-state index is -0.384. The van der Waals surface area contributed by atoms with E-state index < -0.39 is 0 Å². The van der Waals surface area contributed by atoms with Gasteiger partial charge in [-0.25, -0.2) is 0 Å². The van der Waals surface area contributed by atoms with Crippen molar-refractivity contribution in [3.8, 4) is 0 Å². The molecular weight excluding hydrogens is 214 g/mol. The molecule has 3 N–H and O–H groups in total. The first-order valence-electron chi connectivity index (χ1n) is 6.32. The zero-order chi connectivity index (χ0) is 13.6. The second-order valence-corrected chi connectivity index (χ2v) is 6.36. The lowest BCUT2D eigenvalue weighted by molar-refractivity contribution is -0.123. The van der Waals surface area contributed by atoms with E-state index in [0.29, 0.717) is 12.5 Å². The number of amides is 1. The van der Waals surface area contributed by atoms with Gasteiger partial charge in [0.05, 0.1) is 6.04 Å². The normalized spacial score (nSPS) is 14.2. The Labute approximate surface area is 106 Å². The predicted octanol–water partition coefficient (Wildman–Crippen LogP) is 1.06. The smallest absolute Gasteiger partial charge is 0.236 e. The summed E-state index contributed by atoms with van der Waals surface area (Å²) in [5, 5.41) is 2.94. The van der Waals surface area contributed by atoms with Gasteiger partial charge in [0.2, 0.25) is 5.91 Å². The molecule has 0 heterocycles. The van der Waals surface area contributed by atoms with Gasteiger partial charge in [-0.15, -0.1) is 0 Å². The van der Waals surface area contributed by atoms with Crippen molar-refractivity contribution >= 4 is 5.91 Å². The molecule has 0 aliphatic heterocycles. The molecule has 0 rings (SSSR count). The van der Waals surface area contributed by atoms with E-state index >= 15 is 0 Å². The Morgan fingerprint density at radius 1 is 1.35 bits per heavy atom. The van der Waals surface area contributed by atoms with Crippen LogP contribution in [0, 0.1) is 11.3 Å². The molecule has 0 aliphatic rings. The van der Waals surface area contributed by atoms with Crippen LogP contribution in [0.3, 0.4) is 0 Å². The molecule has 0 saturated carbocycles. The van der Waals surface area contributed by atoms with Crippen molar-refractivity contribution in [3.63, 3.8) is 0 Å². The molecule has 0 unspecified atom stereocenters. The molecule has 0 radical (unpaired) electrons. The summed E-state index contributed by atoms with van der Waals surface area (Å²) in [6, 6.07) is -0.384. The summed E-state index contributed by atoms with van der Waals surface area (Å²) >= 11 is 0. The standard InChI is InChI=1S/C13H29N3O/c1-10(2)7-11(14)12(17)15-8-13(3,4)9-16(5)6/h10-11H,7-9,14H2,1-6H3,(H,15,17)/t11-/m1/s1. The second kappa shape index (κ2) is 6.97. The Morgan fingerprint density at radius 2 is 1.88 bits per heavy atom. The van der Waals surface area contributed by atoms with E-state index in [1.165, 1.54) is 0 Å². The van der Waals surface area contributed by atoms with Crippen molar-refractivity contribution in [2.75, 3.05) is 27.2 Å². The molecule has 4 heteroatoms. The van der Waals surface area contributed by atoms with E-state index in [1.807, 2.05) is 14.1 Å². The lowest BCUT2D eigenvalue weighted by Gasteiger charge is -2.29. The molecular formula is C13H29N3O. The van der Waals surface area contributed by atoms with E-state index in [2.05, 4.69) is 37.9 Å². The summed E-state index contributed by atoms with van der Waals surface area (Å²) < 4.78 is 0. The molecule has 0 saturated heterocycles. The van der Waals surface area contributed by atoms with Crippen molar-refractivity contribution in [2.45, 2.75) is 40.2 Å². The molecule has 102 valence electrons. The average Bonchev–Trinajstić information content (AvgIpc) is 2.11. The maximum absolute atomic E-state index is 11.8. The van der Waals surface area contributed by atoms with Gasteiger partial charge in [0.15, 0.2) is 0 Å². The fourth-order valence-corrected chi connectivity index (χ4v) is 1.98. The summed E-state index contributed by atoms with van der Waals surface area (Å²) in [7, 11) is 4.07. The molecule has 0 bridgehead atoms. The van der Waals surface area contributed by atoms with Gasteiger partial charge in [0.1, 0.15) is 0 Å². The highest BCUT2D eigenvalue weighted by Gasteiger charge is 2.22. The highest BCUT2D eigenvalue weighted by Crippen LogP contribution is 2.14. The van der Waals surface area contributed by atoms with E-state index in [4.69, 9.17) is 5.73 Å². The Morgan fingerprint density at radius 3 is 2.29 bits per heavy atom. The van der Waals surface area contributed by atoms with E-state index in [9.17, 15) is 4.79 Å². The lowest BCUT2D eigenvalue weighted by atomic mass is 9.92. The fourth-order valence-electron chi connectivity index (χ4n) is 1.98. The predicted molar refractivity (Wildman–Crippen MR) is 72.8 cm³/mol. The second-order valence-electron chi connectivity index (χ2n) is 6.36. The fraction of sp³-hybridized carbons (Fsp3) is 0.923. The molecule has 17 heavy (non-hydrogen) atoms. The van der Waals surface area contributed by atoms with Crippen LogP contribution < -0.4 is 11.1 Å². The minimum Gasteiger partial charge on any atom is -0.354 e. The summed E-state index contributed by atoms with van der Waals surface area (Å²) in [6.45, 7) is 10.0. The zero-order valence-electron chi connectivity index (χ0n) is 12.2. The molecule has 0 fully saturated rings. The third-order valence-electron chi connectivity index (χ3n) is 2.55. The van der Waals surface area contributed by atoms with Crippen molar-refractivity contribution in [2.24, 2.45) is 17.1 Å². The number of hydrogen-bond donors (Lipinski definition) is 2. The Balaban J connectivity index is 4.06. The molecule has 0 aromatic heterocycles. The number of carbonyl (C=O) groups is 1. The lowest BCUT2D eigenvalue weighted by Crippen LogP contribution is -2.46. The number of rotatable bonds is 7. The van der Waals surface area contributed by atoms with Crippen molar-refractivity contribution in [1.82, 2.24) is 10.2 Å². The van der Waals surface area contributed by atoms with Crippen molar-refractivity contribution in [1.29, 1.82) is 0 Å². The summed E-state index contributed by atoms with van der Waals surface area (Å²) in [5.41, 5.74) is 5.89. The summed E-state index contributed by atoms with van der Waals surface area (Å²) in [4.78, 5) is 13.9. The van der Waals surface area contributed by atoms with Crippen LogP contribution in [0.5, 0.6) is 0 Å². The largest absolute Gasteiger partial charge is 0.354 e. The van der Waals surface area contributed by atoms with Crippen LogP contribution in [0.4, 0.5) is 0 Å². The Bertz CT molecular complexity index is 237. The van der Waals surface area contributed by atoms with Crippen LogP contribution in [0.15, 0.2) is 0 Å². The molecule has 1 amide bonds. The van der Waals surface area contributed by atoms with Crippen molar-refractivity contribution < 1.29 is 4.79 Å². The van der Waals surface area contributed by atoms with E-state index in [1.54, 1.807) is 0 Å². The van der Waals surface area contributed by atoms with Gasteiger partial charge < -0.3 is 16.0 Å². The topological polar surface area (TPSA) is 58.4 Å². The van der Waals surface area contributed by atoms with Gasteiger partial charge in [0, 0.05) is 13.1 Å². The molecule has 1 atom stereocenters.